The van der Waals surface area contributed by atoms with Crippen molar-refractivity contribution in [2.75, 3.05) is 20.3 Å². The SMILES string of the molecule is CCc1cc(C(=O)NCC(O)COC)n(CC)n1. The molecule has 0 fully saturated rings. The van der Waals surface area contributed by atoms with E-state index in [-0.39, 0.29) is 19.1 Å². The van der Waals surface area contributed by atoms with E-state index < -0.39 is 6.10 Å². The summed E-state index contributed by atoms with van der Waals surface area (Å²) in [5.74, 6) is -0.223. The quantitative estimate of drug-likeness (QED) is 0.730. The van der Waals surface area contributed by atoms with Crippen molar-refractivity contribution in [1.29, 1.82) is 0 Å². The highest BCUT2D eigenvalue weighted by Gasteiger charge is 2.14. The number of amides is 1. The van der Waals surface area contributed by atoms with Crippen LogP contribution < -0.4 is 5.32 Å². The van der Waals surface area contributed by atoms with Gasteiger partial charge in [0.1, 0.15) is 5.69 Å². The van der Waals surface area contributed by atoms with Gasteiger partial charge in [-0.15, -0.1) is 0 Å². The van der Waals surface area contributed by atoms with E-state index in [2.05, 4.69) is 10.4 Å². The Hall–Kier alpha value is -1.40. The molecule has 0 aliphatic heterocycles. The number of aliphatic hydroxyl groups is 1. The van der Waals surface area contributed by atoms with Crippen LogP contribution in [0.2, 0.25) is 0 Å². The van der Waals surface area contributed by atoms with Gasteiger partial charge in [0.2, 0.25) is 0 Å². The van der Waals surface area contributed by atoms with Crippen LogP contribution in [0, 0.1) is 0 Å². The summed E-state index contributed by atoms with van der Waals surface area (Å²) in [6, 6.07) is 1.78. The van der Waals surface area contributed by atoms with Crippen molar-refractivity contribution in [3.05, 3.63) is 17.5 Å². The van der Waals surface area contributed by atoms with Crippen LogP contribution in [0.5, 0.6) is 0 Å². The predicted molar refractivity (Wildman–Crippen MR) is 67.5 cm³/mol. The zero-order valence-corrected chi connectivity index (χ0v) is 11.1. The molecule has 1 rings (SSSR count). The van der Waals surface area contributed by atoms with Crippen molar-refractivity contribution in [3.63, 3.8) is 0 Å². The Morgan fingerprint density at radius 1 is 1.61 bits per heavy atom. The first-order valence-electron chi connectivity index (χ1n) is 6.14. The van der Waals surface area contributed by atoms with Crippen LogP contribution >= 0.6 is 0 Å². The van der Waals surface area contributed by atoms with Crippen LogP contribution in [0.3, 0.4) is 0 Å². The average Bonchev–Trinajstić information content (AvgIpc) is 2.79. The lowest BCUT2D eigenvalue weighted by molar-refractivity contribution is 0.0607. The van der Waals surface area contributed by atoms with Crippen molar-refractivity contribution in [2.24, 2.45) is 0 Å². The molecule has 0 aliphatic carbocycles. The topological polar surface area (TPSA) is 76.4 Å². The van der Waals surface area contributed by atoms with Gasteiger partial charge in [0.05, 0.1) is 18.4 Å². The molecule has 0 bridgehead atoms. The van der Waals surface area contributed by atoms with Gasteiger partial charge in [-0.3, -0.25) is 9.48 Å². The third-order valence-electron chi connectivity index (χ3n) is 2.58. The zero-order chi connectivity index (χ0) is 13.5. The summed E-state index contributed by atoms with van der Waals surface area (Å²) in [5.41, 5.74) is 1.42. The molecule has 6 nitrogen and oxygen atoms in total. The number of carbonyl (C=O) groups is 1. The van der Waals surface area contributed by atoms with Gasteiger partial charge in [-0.1, -0.05) is 6.92 Å². The van der Waals surface area contributed by atoms with Gasteiger partial charge in [-0.2, -0.15) is 5.10 Å². The predicted octanol–water partition coefficient (Wildman–Crippen LogP) is 0.202. The van der Waals surface area contributed by atoms with Gasteiger partial charge in [0, 0.05) is 20.2 Å². The first-order valence-corrected chi connectivity index (χ1v) is 6.14. The number of rotatable bonds is 7. The highest BCUT2D eigenvalue weighted by atomic mass is 16.5. The van der Waals surface area contributed by atoms with E-state index in [0.717, 1.165) is 12.1 Å². The number of carbonyl (C=O) groups excluding carboxylic acids is 1. The van der Waals surface area contributed by atoms with E-state index in [0.29, 0.717) is 12.2 Å². The first-order chi connectivity index (χ1) is 8.62. The minimum atomic E-state index is -0.692. The number of hydrogen-bond acceptors (Lipinski definition) is 4. The fourth-order valence-electron chi connectivity index (χ4n) is 1.62. The summed E-state index contributed by atoms with van der Waals surface area (Å²) in [7, 11) is 1.50. The minimum Gasteiger partial charge on any atom is -0.389 e. The molecule has 1 amide bonds. The number of aryl methyl sites for hydroxylation is 2. The van der Waals surface area contributed by atoms with Crippen molar-refractivity contribution < 1.29 is 14.6 Å². The molecular weight excluding hydrogens is 234 g/mol. The molecule has 1 aromatic rings. The second-order valence-corrected chi connectivity index (χ2v) is 4.01. The fourth-order valence-corrected chi connectivity index (χ4v) is 1.62. The number of nitrogens with one attached hydrogen (secondary N) is 1. The second-order valence-electron chi connectivity index (χ2n) is 4.01. The largest absolute Gasteiger partial charge is 0.389 e. The Morgan fingerprint density at radius 3 is 2.89 bits per heavy atom. The Balaban J connectivity index is 2.63. The maximum atomic E-state index is 11.9. The monoisotopic (exact) mass is 255 g/mol. The van der Waals surface area contributed by atoms with E-state index in [1.807, 2.05) is 13.8 Å². The van der Waals surface area contributed by atoms with Gasteiger partial charge in [0.25, 0.3) is 5.91 Å². The maximum absolute atomic E-state index is 11.9. The van der Waals surface area contributed by atoms with Crippen molar-refractivity contribution >= 4 is 5.91 Å². The van der Waals surface area contributed by atoms with Crippen molar-refractivity contribution in [2.45, 2.75) is 32.9 Å². The van der Waals surface area contributed by atoms with Gasteiger partial charge >= 0.3 is 0 Å². The van der Waals surface area contributed by atoms with Gasteiger partial charge < -0.3 is 15.2 Å². The summed E-state index contributed by atoms with van der Waals surface area (Å²) < 4.78 is 6.45. The third kappa shape index (κ3) is 3.82. The van der Waals surface area contributed by atoms with Gasteiger partial charge in [-0.25, -0.2) is 0 Å². The minimum absolute atomic E-state index is 0.170. The number of hydrogen-bond donors (Lipinski definition) is 2. The number of aromatic nitrogens is 2. The van der Waals surface area contributed by atoms with E-state index in [4.69, 9.17) is 4.74 Å². The van der Waals surface area contributed by atoms with Crippen LogP contribution in [-0.2, 0) is 17.7 Å². The molecule has 0 radical (unpaired) electrons. The van der Waals surface area contributed by atoms with Gasteiger partial charge in [0.15, 0.2) is 0 Å². The molecule has 6 heteroatoms. The van der Waals surface area contributed by atoms with Crippen LogP contribution in [-0.4, -0.2) is 47.2 Å². The van der Waals surface area contributed by atoms with Crippen LogP contribution in [0.4, 0.5) is 0 Å². The molecule has 1 aromatic heterocycles. The molecule has 2 N–H and O–H groups in total. The summed E-state index contributed by atoms with van der Waals surface area (Å²) in [6.45, 7) is 4.94. The molecule has 102 valence electrons. The van der Waals surface area contributed by atoms with Crippen LogP contribution in [0.15, 0.2) is 6.07 Å². The summed E-state index contributed by atoms with van der Waals surface area (Å²) in [4.78, 5) is 11.9. The Labute approximate surface area is 107 Å². The standard InChI is InChI=1S/C12H21N3O3/c1-4-9-6-11(15(5-2)14-9)12(17)13-7-10(16)8-18-3/h6,10,16H,4-5,7-8H2,1-3H3,(H,13,17). The molecule has 0 aromatic carbocycles. The van der Waals surface area contributed by atoms with E-state index in [1.165, 1.54) is 7.11 Å². The number of nitrogens with zero attached hydrogens (tertiary/aromatic N) is 2. The van der Waals surface area contributed by atoms with Crippen LogP contribution in [0.1, 0.15) is 30.0 Å². The maximum Gasteiger partial charge on any atom is 0.269 e. The lowest BCUT2D eigenvalue weighted by Crippen LogP contribution is -2.35. The first kappa shape index (κ1) is 14.7. The van der Waals surface area contributed by atoms with Gasteiger partial charge in [-0.05, 0) is 19.4 Å². The fraction of sp³-hybridized carbons (Fsp3) is 0.667. The van der Waals surface area contributed by atoms with Crippen molar-refractivity contribution in [3.8, 4) is 0 Å². The van der Waals surface area contributed by atoms with Crippen molar-refractivity contribution in [1.82, 2.24) is 15.1 Å². The van der Waals surface area contributed by atoms with E-state index >= 15 is 0 Å². The van der Waals surface area contributed by atoms with Crippen LogP contribution in [0.25, 0.3) is 0 Å². The molecule has 18 heavy (non-hydrogen) atoms. The summed E-state index contributed by atoms with van der Waals surface area (Å²) in [6.07, 6.45) is 0.0992. The van der Waals surface area contributed by atoms with E-state index in [1.54, 1.807) is 10.7 Å². The lowest BCUT2D eigenvalue weighted by Gasteiger charge is -2.11. The second kappa shape index (κ2) is 7.13. The highest BCUT2D eigenvalue weighted by Crippen LogP contribution is 2.05. The Kier molecular flexibility index (Phi) is 5.80. The number of methoxy groups -OCH3 is 1. The highest BCUT2D eigenvalue weighted by molar-refractivity contribution is 5.92. The number of aliphatic hydroxyl groups excluding tert-OH is 1. The lowest BCUT2D eigenvalue weighted by atomic mass is 10.3. The van der Waals surface area contributed by atoms with E-state index in [9.17, 15) is 9.90 Å². The molecule has 1 unspecified atom stereocenters. The normalized spacial score (nSPS) is 12.4. The average molecular weight is 255 g/mol. The molecule has 1 heterocycles. The Morgan fingerprint density at radius 2 is 2.33 bits per heavy atom. The Bertz CT molecular complexity index is 390. The molecule has 0 spiro atoms. The zero-order valence-electron chi connectivity index (χ0n) is 11.1. The molecule has 0 saturated heterocycles. The molecular formula is C12H21N3O3. The third-order valence-corrected chi connectivity index (χ3v) is 2.58. The smallest absolute Gasteiger partial charge is 0.269 e. The summed E-state index contributed by atoms with van der Waals surface area (Å²) in [5, 5.41) is 16.4. The molecule has 0 saturated carbocycles. The number of ether oxygens (including phenoxy) is 1. The molecule has 1 atom stereocenters. The molecule has 0 aliphatic rings. The summed E-state index contributed by atoms with van der Waals surface area (Å²) >= 11 is 0.